The molecule has 2 saturated heterocycles. The Bertz CT molecular complexity index is 1340. The van der Waals surface area contributed by atoms with Crippen LogP contribution in [-0.4, -0.2) is 75.9 Å². The highest BCUT2D eigenvalue weighted by Crippen LogP contribution is 2.35. The van der Waals surface area contributed by atoms with Gasteiger partial charge < -0.3 is 34.9 Å². The summed E-state index contributed by atoms with van der Waals surface area (Å²) in [7, 11) is 0. The fourth-order valence-corrected chi connectivity index (χ4v) is 4.49. The standard InChI is InChI=1S/C27H31FN6O6/c1-27(25(37)31-13-18-3-2-12-38-18)14-39-24(40-15-27)23-33-21(16-4-6-17(28)7-5-16)22(34-23)19-8-10-29-26(32-19)30-11-9-20(35)36/h4-8,10,18,24H,2-3,9,11-15H2,1H3,(H,31,37)(H,33,34)(H,35,36)(H,29,30,32). The van der Waals surface area contributed by atoms with Crippen LogP contribution in [0.15, 0.2) is 36.5 Å². The molecule has 2 aliphatic heterocycles. The number of hydrogen-bond donors (Lipinski definition) is 4. The van der Waals surface area contributed by atoms with Crippen LogP contribution in [0.2, 0.25) is 0 Å². The Kier molecular flexibility index (Phi) is 8.33. The van der Waals surface area contributed by atoms with E-state index in [-0.39, 0.29) is 50.0 Å². The number of halogens is 1. The zero-order chi connectivity index (χ0) is 28.1. The van der Waals surface area contributed by atoms with Crippen molar-refractivity contribution in [3.8, 4) is 22.6 Å². The summed E-state index contributed by atoms with van der Waals surface area (Å²) in [5, 5.41) is 14.7. The van der Waals surface area contributed by atoms with Gasteiger partial charge in [0.25, 0.3) is 0 Å². The van der Waals surface area contributed by atoms with Crippen molar-refractivity contribution in [2.45, 2.75) is 38.6 Å². The molecular formula is C27H31FN6O6. The zero-order valence-electron chi connectivity index (χ0n) is 22.0. The highest BCUT2D eigenvalue weighted by atomic mass is 19.1. The molecule has 1 unspecified atom stereocenters. The summed E-state index contributed by atoms with van der Waals surface area (Å²) in [6.07, 6.45) is 2.52. The average molecular weight is 555 g/mol. The summed E-state index contributed by atoms with van der Waals surface area (Å²) in [5.74, 6) is -0.893. The number of aliphatic carboxylic acids is 1. The molecule has 5 rings (SSSR count). The van der Waals surface area contributed by atoms with E-state index in [4.69, 9.17) is 24.3 Å². The predicted molar refractivity (Wildman–Crippen MR) is 140 cm³/mol. The summed E-state index contributed by atoms with van der Waals surface area (Å²) in [5.41, 5.74) is 1.22. The molecule has 2 fully saturated rings. The number of rotatable bonds is 10. The van der Waals surface area contributed by atoms with E-state index in [2.05, 4.69) is 25.6 Å². The van der Waals surface area contributed by atoms with Crippen LogP contribution in [0.25, 0.3) is 22.6 Å². The van der Waals surface area contributed by atoms with Crippen LogP contribution in [0.4, 0.5) is 10.3 Å². The first-order chi connectivity index (χ1) is 19.3. The topological polar surface area (TPSA) is 161 Å². The molecule has 0 saturated carbocycles. The molecule has 212 valence electrons. The Labute approximate surface area is 229 Å². The van der Waals surface area contributed by atoms with E-state index < -0.39 is 17.7 Å². The van der Waals surface area contributed by atoms with Crippen LogP contribution < -0.4 is 10.6 Å². The van der Waals surface area contributed by atoms with Crippen molar-refractivity contribution in [3.05, 3.63) is 48.2 Å². The maximum atomic E-state index is 13.7. The summed E-state index contributed by atoms with van der Waals surface area (Å²) >= 11 is 0. The van der Waals surface area contributed by atoms with E-state index >= 15 is 0 Å². The van der Waals surface area contributed by atoms with Crippen molar-refractivity contribution in [1.29, 1.82) is 0 Å². The number of amides is 1. The maximum absolute atomic E-state index is 13.7. The van der Waals surface area contributed by atoms with Gasteiger partial charge in [-0.25, -0.2) is 19.3 Å². The number of carbonyl (C=O) groups is 2. The quantitative estimate of drug-likeness (QED) is 0.293. The number of aromatic amines is 1. The van der Waals surface area contributed by atoms with E-state index in [1.807, 2.05) is 0 Å². The van der Waals surface area contributed by atoms with E-state index in [1.54, 1.807) is 25.1 Å². The Balaban J connectivity index is 1.34. The molecule has 0 radical (unpaired) electrons. The summed E-state index contributed by atoms with van der Waals surface area (Å²) in [6.45, 7) is 3.33. The van der Waals surface area contributed by atoms with Gasteiger partial charge >= 0.3 is 5.97 Å². The summed E-state index contributed by atoms with van der Waals surface area (Å²) in [4.78, 5) is 40.3. The van der Waals surface area contributed by atoms with Gasteiger partial charge in [0.15, 0.2) is 5.82 Å². The second kappa shape index (κ2) is 12.1. The molecule has 1 amide bonds. The zero-order valence-corrected chi connectivity index (χ0v) is 22.0. The molecule has 40 heavy (non-hydrogen) atoms. The molecule has 1 aromatic carbocycles. The lowest BCUT2D eigenvalue weighted by Crippen LogP contribution is -2.49. The molecule has 2 aromatic heterocycles. The molecule has 4 heterocycles. The van der Waals surface area contributed by atoms with Gasteiger partial charge in [0.05, 0.1) is 48.2 Å². The number of hydrogen-bond acceptors (Lipinski definition) is 9. The summed E-state index contributed by atoms with van der Waals surface area (Å²) in [6, 6.07) is 7.54. The number of aromatic nitrogens is 4. The number of carbonyl (C=O) groups excluding carboxylic acids is 1. The number of H-pyrrole nitrogens is 1. The Morgan fingerprint density at radius 3 is 2.62 bits per heavy atom. The lowest BCUT2D eigenvalue weighted by atomic mass is 9.91. The van der Waals surface area contributed by atoms with Gasteiger partial charge in [0.1, 0.15) is 5.82 Å². The van der Waals surface area contributed by atoms with Crippen molar-refractivity contribution in [3.63, 3.8) is 0 Å². The number of carboxylic acids is 1. The Hall–Kier alpha value is -3.94. The van der Waals surface area contributed by atoms with E-state index in [9.17, 15) is 14.0 Å². The maximum Gasteiger partial charge on any atom is 0.305 e. The van der Waals surface area contributed by atoms with Crippen LogP contribution in [0.3, 0.4) is 0 Å². The minimum Gasteiger partial charge on any atom is -0.481 e. The largest absolute Gasteiger partial charge is 0.481 e. The minimum atomic E-state index is -0.940. The number of imidazole rings is 1. The fraction of sp³-hybridized carbons (Fsp3) is 0.444. The first-order valence-corrected chi connectivity index (χ1v) is 13.1. The molecular weight excluding hydrogens is 523 g/mol. The summed E-state index contributed by atoms with van der Waals surface area (Å²) < 4.78 is 31.2. The predicted octanol–water partition coefficient (Wildman–Crippen LogP) is 2.91. The van der Waals surface area contributed by atoms with Gasteiger partial charge in [0.2, 0.25) is 18.1 Å². The smallest absolute Gasteiger partial charge is 0.305 e. The van der Waals surface area contributed by atoms with Crippen LogP contribution in [0.5, 0.6) is 0 Å². The van der Waals surface area contributed by atoms with E-state index in [0.29, 0.717) is 41.6 Å². The van der Waals surface area contributed by atoms with Gasteiger partial charge in [-0.1, -0.05) is 0 Å². The van der Waals surface area contributed by atoms with Crippen LogP contribution >= 0.6 is 0 Å². The molecule has 1 atom stereocenters. The third kappa shape index (κ3) is 6.43. The third-order valence-electron chi connectivity index (χ3n) is 6.77. The minimum absolute atomic E-state index is 0.0341. The Morgan fingerprint density at radius 1 is 1.15 bits per heavy atom. The van der Waals surface area contributed by atoms with Crippen LogP contribution in [0, 0.1) is 11.2 Å². The third-order valence-corrected chi connectivity index (χ3v) is 6.77. The molecule has 12 nitrogen and oxygen atoms in total. The molecule has 3 aromatic rings. The van der Waals surface area contributed by atoms with Gasteiger partial charge in [-0.15, -0.1) is 0 Å². The normalized spacial score (nSPS) is 22.6. The van der Waals surface area contributed by atoms with E-state index in [1.165, 1.54) is 18.3 Å². The number of anilines is 1. The number of carboxylic acid groups (broad SMARTS) is 1. The average Bonchev–Trinajstić information content (AvgIpc) is 3.63. The molecule has 0 spiro atoms. The highest BCUT2D eigenvalue weighted by molar-refractivity contribution is 5.82. The molecule has 2 aliphatic rings. The Morgan fingerprint density at radius 2 is 1.93 bits per heavy atom. The number of ether oxygens (including phenoxy) is 3. The SMILES string of the molecule is CC1(C(=O)NCC2CCCO2)COC(c2nc(-c3ccc(F)cc3)c(-c3ccnc(NCCC(=O)O)n3)[nH]2)OC1. The second-order valence-corrected chi connectivity index (χ2v) is 10.0. The molecule has 4 N–H and O–H groups in total. The second-order valence-electron chi connectivity index (χ2n) is 10.0. The molecule has 13 heteroatoms. The van der Waals surface area contributed by atoms with Gasteiger partial charge in [-0.05, 0) is 50.1 Å². The van der Waals surface area contributed by atoms with Gasteiger partial charge in [-0.2, -0.15) is 0 Å². The van der Waals surface area contributed by atoms with Crippen molar-refractivity contribution in [2.75, 3.05) is 38.2 Å². The first-order valence-electron chi connectivity index (χ1n) is 13.1. The monoisotopic (exact) mass is 554 g/mol. The van der Waals surface area contributed by atoms with Crippen molar-refractivity contribution in [2.24, 2.45) is 5.41 Å². The van der Waals surface area contributed by atoms with Crippen molar-refractivity contribution >= 4 is 17.8 Å². The van der Waals surface area contributed by atoms with Gasteiger partial charge in [0, 0.05) is 31.5 Å². The van der Waals surface area contributed by atoms with Crippen LogP contribution in [-0.2, 0) is 23.8 Å². The lowest BCUT2D eigenvalue weighted by molar-refractivity contribution is -0.231. The highest BCUT2D eigenvalue weighted by Gasteiger charge is 2.41. The fourth-order valence-electron chi connectivity index (χ4n) is 4.49. The number of nitrogens with zero attached hydrogens (tertiary/aromatic N) is 3. The first kappa shape index (κ1) is 27.6. The molecule has 0 aliphatic carbocycles. The van der Waals surface area contributed by atoms with Crippen LogP contribution in [0.1, 0.15) is 38.3 Å². The van der Waals surface area contributed by atoms with E-state index in [0.717, 1.165) is 12.8 Å². The molecule has 0 bridgehead atoms. The number of nitrogens with one attached hydrogen (secondary N) is 3. The van der Waals surface area contributed by atoms with Crippen molar-refractivity contribution < 1.29 is 33.3 Å². The van der Waals surface area contributed by atoms with Gasteiger partial charge in [-0.3, -0.25) is 9.59 Å². The van der Waals surface area contributed by atoms with Crippen molar-refractivity contribution in [1.82, 2.24) is 25.3 Å². The lowest BCUT2D eigenvalue weighted by Gasteiger charge is -2.35. The number of benzene rings is 1.